The summed E-state index contributed by atoms with van der Waals surface area (Å²) < 4.78 is 22.2. The fourth-order valence-corrected chi connectivity index (χ4v) is 4.06. The molecule has 1 unspecified atom stereocenters. The largest absolute Gasteiger partial charge is 0.493 e. The van der Waals surface area contributed by atoms with Gasteiger partial charge in [0.1, 0.15) is 24.3 Å². The molecule has 4 rings (SSSR count). The Labute approximate surface area is 211 Å². The number of benzene rings is 2. The molecule has 2 aromatic carbocycles. The maximum absolute atomic E-state index is 9.98. The minimum Gasteiger partial charge on any atom is -0.493 e. The number of aliphatic hydroxyl groups excluding tert-OH is 1. The number of aliphatic hydroxyl groups is 1. The Morgan fingerprint density at radius 2 is 1.81 bits per heavy atom. The van der Waals surface area contributed by atoms with Crippen LogP contribution in [0.25, 0.3) is 22.6 Å². The van der Waals surface area contributed by atoms with Gasteiger partial charge in [0.2, 0.25) is 0 Å². The van der Waals surface area contributed by atoms with Crippen LogP contribution in [0, 0.1) is 0 Å². The Kier molecular flexibility index (Phi) is 8.94. The summed E-state index contributed by atoms with van der Waals surface area (Å²) in [5.74, 6) is 3.23. The van der Waals surface area contributed by atoms with Crippen molar-refractivity contribution >= 4 is 5.82 Å². The summed E-state index contributed by atoms with van der Waals surface area (Å²) in [4.78, 5) is 9.71. The lowest BCUT2D eigenvalue weighted by molar-refractivity contribution is 0.0904. The predicted molar refractivity (Wildman–Crippen MR) is 139 cm³/mol. The summed E-state index contributed by atoms with van der Waals surface area (Å²) in [5.41, 5.74) is 2.45. The van der Waals surface area contributed by atoms with Crippen molar-refractivity contribution in [1.29, 1.82) is 0 Å². The molecule has 1 saturated heterocycles. The Hall–Kier alpha value is -3.40. The van der Waals surface area contributed by atoms with Crippen molar-refractivity contribution in [2.24, 2.45) is 0 Å². The molecule has 3 aromatic rings. The molecular weight excluding hydrogens is 460 g/mol. The average Bonchev–Trinajstić information content (AvgIpc) is 2.92. The number of rotatable bonds is 11. The highest BCUT2D eigenvalue weighted by atomic mass is 16.5. The molecule has 1 aliphatic rings. The summed E-state index contributed by atoms with van der Waals surface area (Å²) in [5, 5.41) is 16.5. The molecule has 0 bridgehead atoms. The van der Waals surface area contributed by atoms with E-state index < -0.39 is 6.10 Å². The lowest BCUT2D eigenvalue weighted by Gasteiger charge is -2.24. The van der Waals surface area contributed by atoms with Gasteiger partial charge in [-0.25, -0.2) is 9.97 Å². The Morgan fingerprint density at radius 1 is 1.00 bits per heavy atom. The molecule has 2 heterocycles. The third-order valence-electron chi connectivity index (χ3n) is 5.95. The third-order valence-corrected chi connectivity index (χ3v) is 5.95. The van der Waals surface area contributed by atoms with E-state index in [9.17, 15) is 5.11 Å². The van der Waals surface area contributed by atoms with Crippen molar-refractivity contribution in [3.8, 4) is 39.9 Å². The van der Waals surface area contributed by atoms with Crippen LogP contribution in [0.2, 0.25) is 0 Å². The molecule has 1 aromatic heterocycles. The highest BCUT2D eigenvalue weighted by Gasteiger charge is 2.17. The molecule has 0 aliphatic carbocycles. The third kappa shape index (κ3) is 6.63. The molecule has 192 valence electrons. The van der Waals surface area contributed by atoms with E-state index in [1.54, 1.807) is 21.3 Å². The second kappa shape index (κ2) is 12.5. The summed E-state index contributed by atoms with van der Waals surface area (Å²) >= 11 is 0. The maximum Gasteiger partial charge on any atom is 0.162 e. The molecule has 0 spiro atoms. The zero-order chi connectivity index (χ0) is 25.3. The first kappa shape index (κ1) is 25.7. The number of nitrogens with one attached hydrogen (secondary N) is 2. The van der Waals surface area contributed by atoms with Gasteiger partial charge in [-0.15, -0.1) is 0 Å². The number of ether oxygens (including phenoxy) is 4. The zero-order valence-corrected chi connectivity index (χ0v) is 21.0. The number of likely N-dealkylation sites (N-methyl/N-ethyl adjacent to an activating group) is 1. The fourth-order valence-electron chi connectivity index (χ4n) is 4.06. The van der Waals surface area contributed by atoms with Crippen molar-refractivity contribution in [2.45, 2.75) is 25.0 Å². The van der Waals surface area contributed by atoms with Crippen LogP contribution in [-0.4, -0.2) is 74.9 Å². The van der Waals surface area contributed by atoms with Crippen molar-refractivity contribution in [1.82, 2.24) is 15.3 Å². The monoisotopic (exact) mass is 494 g/mol. The topological polar surface area (TPSA) is 107 Å². The zero-order valence-electron chi connectivity index (χ0n) is 21.0. The number of hydrogen-bond acceptors (Lipinski definition) is 9. The van der Waals surface area contributed by atoms with Crippen LogP contribution >= 0.6 is 0 Å². The SMILES string of the molecule is CNCC(O)COc1cccc(-c2nc(NC3CCOCC3)cc(-c3ccc(OC)c(OC)c3)n2)c1. The Balaban J connectivity index is 1.68. The van der Waals surface area contributed by atoms with Gasteiger partial charge >= 0.3 is 0 Å². The van der Waals surface area contributed by atoms with E-state index >= 15 is 0 Å². The van der Waals surface area contributed by atoms with E-state index in [4.69, 9.17) is 28.9 Å². The van der Waals surface area contributed by atoms with Crippen LogP contribution in [0.4, 0.5) is 5.82 Å². The van der Waals surface area contributed by atoms with E-state index in [0.29, 0.717) is 29.6 Å². The Bertz CT molecular complexity index is 1140. The summed E-state index contributed by atoms with van der Waals surface area (Å²) in [7, 11) is 5.02. The quantitative estimate of drug-likeness (QED) is 0.370. The minimum atomic E-state index is -0.599. The molecule has 0 saturated carbocycles. The molecular formula is C27H34N4O5. The van der Waals surface area contributed by atoms with E-state index in [1.807, 2.05) is 48.5 Å². The molecule has 0 radical (unpaired) electrons. The van der Waals surface area contributed by atoms with Gasteiger partial charge in [-0.1, -0.05) is 12.1 Å². The van der Waals surface area contributed by atoms with Crippen LogP contribution in [0.15, 0.2) is 48.5 Å². The molecule has 1 fully saturated rings. The lowest BCUT2D eigenvalue weighted by Crippen LogP contribution is -2.29. The van der Waals surface area contributed by atoms with E-state index in [2.05, 4.69) is 10.6 Å². The number of nitrogens with zero attached hydrogens (tertiary/aromatic N) is 2. The van der Waals surface area contributed by atoms with Crippen molar-refractivity contribution in [2.75, 3.05) is 52.9 Å². The van der Waals surface area contributed by atoms with Crippen LogP contribution < -0.4 is 24.8 Å². The van der Waals surface area contributed by atoms with Crippen molar-refractivity contribution in [3.05, 3.63) is 48.5 Å². The molecule has 9 nitrogen and oxygen atoms in total. The van der Waals surface area contributed by atoms with Crippen molar-refractivity contribution < 1.29 is 24.1 Å². The number of aromatic nitrogens is 2. The highest BCUT2D eigenvalue weighted by molar-refractivity contribution is 5.70. The lowest BCUT2D eigenvalue weighted by atomic mass is 10.1. The van der Waals surface area contributed by atoms with Gasteiger partial charge in [0.15, 0.2) is 17.3 Å². The van der Waals surface area contributed by atoms with Gasteiger partial charge in [-0.2, -0.15) is 0 Å². The number of anilines is 1. The minimum absolute atomic E-state index is 0.188. The molecule has 1 aliphatic heterocycles. The fraction of sp³-hybridized carbons (Fsp3) is 0.407. The standard InChI is InChI=1S/C27H34N4O5/c1-28-16-21(32)17-36-22-6-4-5-19(13-22)27-30-23(18-7-8-24(33-2)25(14-18)34-3)15-26(31-27)29-20-9-11-35-12-10-20/h4-8,13-15,20-21,28,32H,9-12,16-17H2,1-3H3,(H,29,30,31). The summed E-state index contributed by atoms with van der Waals surface area (Å²) in [6, 6.07) is 15.5. The number of methoxy groups -OCH3 is 2. The summed E-state index contributed by atoms with van der Waals surface area (Å²) in [6.45, 7) is 2.11. The van der Waals surface area contributed by atoms with E-state index in [0.717, 1.165) is 48.7 Å². The normalized spacial score (nSPS) is 14.8. The van der Waals surface area contributed by atoms with E-state index in [1.165, 1.54) is 0 Å². The molecule has 36 heavy (non-hydrogen) atoms. The molecule has 9 heteroatoms. The first-order valence-corrected chi connectivity index (χ1v) is 12.1. The smallest absolute Gasteiger partial charge is 0.162 e. The molecule has 0 amide bonds. The predicted octanol–water partition coefficient (Wildman–Crippen LogP) is 3.38. The summed E-state index contributed by atoms with van der Waals surface area (Å²) in [6.07, 6.45) is 1.24. The van der Waals surface area contributed by atoms with Gasteiger partial charge in [0, 0.05) is 43.0 Å². The van der Waals surface area contributed by atoms with Gasteiger partial charge < -0.3 is 34.7 Å². The highest BCUT2D eigenvalue weighted by Crippen LogP contribution is 2.33. The van der Waals surface area contributed by atoms with Gasteiger partial charge in [0.05, 0.1) is 19.9 Å². The first-order chi connectivity index (χ1) is 17.6. The van der Waals surface area contributed by atoms with E-state index in [-0.39, 0.29) is 12.6 Å². The van der Waals surface area contributed by atoms with Gasteiger partial charge in [0.25, 0.3) is 0 Å². The Morgan fingerprint density at radius 3 is 2.56 bits per heavy atom. The molecule has 1 atom stereocenters. The van der Waals surface area contributed by atoms with Crippen molar-refractivity contribution in [3.63, 3.8) is 0 Å². The second-order valence-electron chi connectivity index (χ2n) is 8.61. The molecule has 3 N–H and O–H groups in total. The maximum atomic E-state index is 9.98. The van der Waals surface area contributed by atoms with Gasteiger partial charge in [-0.05, 0) is 50.2 Å². The first-order valence-electron chi connectivity index (χ1n) is 12.1. The number of hydrogen-bond donors (Lipinski definition) is 3. The van der Waals surface area contributed by atoms with Crippen LogP contribution in [0.3, 0.4) is 0 Å². The van der Waals surface area contributed by atoms with Crippen LogP contribution in [0.5, 0.6) is 17.2 Å². The average molecular weight is 495 g/mol. The van der Waals surface area contributed by atoms with Crippen LogP contribution in [0.1, 0.15) is 12.8 Å². The van der Waals surface area contributed by atoms with Crippen LogP contribution in [-0.2, 0) is 4.74 Å². The van der Waals surface area contributed by atoms with Gasteiger partial charge in [-0.3, -0.25) is 0 Å². The second-order valence-corrected chi connectivity index (χ2v) is 8.61.